The van der Waals surface area contributed by atoms with Gasteiger partial charge in [-0.15, -0.1) is 0 Å². The van der Waals surface area contributed by atoms with Crippen molar-refractivity contribution < 1.29 is 9.59 Å². The Morgan fingerprint density at radius 2 is 1.66 bits per heavy atom. The van der Waals surface area contributed by atoms with Crippen molar-refractivity contribution in [2.45, 2.75) is 13.5 Å². The second-order valence-electron chi connectivity index (χ2n) is 8.12. The van der Waals surface area contributed by atoms with E-state index in [2.05, 4.69) is 22.0 Å². The van der Waals surface area contributed by atoms with Gasteiger partial charge < -0.3 is 4.57 Å². The summed E-state index contributed by atoms with van der Waals surface area (Å²) in [5, 5.41) is 3.95. The summed E-state index contributed by atoms with van der Waals surface area (Å²) in [5.41, 5.74) is 4.15. The largest absolute Gasteiger partial charge is 0.340 e. The smallest absolute Gasteiger partial charge is 0.270 e. The Labute approximate surface area is 217 Å². The molecule has 5 rings (SSSR count). The molecule has 4 aromatic rings. The maximum absolute atomic E-state index is 13.6. The third-order valence-corrected chi connectivity index (χ3v) is 7.12. The van der Waals surface area contributed by atoms with Gasteiger partial charge in [-0.1, -0.05) is 77.8 Å². The molecular formula is C27H19Cl2N3O2S. The Bertz CT molecular complexity index is 1540. The Balaban J connectivity index is 1.63. The van der Waals surface area contributed by atoms with Crippen molar-refractivity contribution in [1.29, 1.82) is 0 Å². The summed E-state index contributed by atoms with van der Waals surface area (Å²) < 4.78 is 2.18. The molecule has 2 heterocycles. The maximum Gasteiger partial charge on any atom is 0.270 e. The lowest BCUT2D eigenvalue weighted by Gasteiger charge is -2.29. The van der Waals surface area contributed by atoms with Crippen LogP contribution < -0.4 is 10.2 Å². The predicted molar refractivity (Wildman–Crippen MR) is 145 cm³/mol. The highest BCUT2D eigenvalue weighted by atomic mass is 35.5. The first kappa shape index (κ1) is 23.3. The third-order valence-electron chi connectivity index (χ3n) is 6.03. The highest BCUT2D eigenvalue weighted by Crippen LogP contribution is 2.35. The fourth-order valence-corrected chi connectivity index (χ4v) is 4.95. The van der Waals surface area contributed by atoms with E-state index in [0.717, 1.165) is 27.7 Å². The van der Waals surface area contributed by atoms with Gasteiger partial charge in [0.15, 0.2) is 5.11 Å². The van der Waals surface area contributed by atoms with Gasteiger partial charge in [0.1, 0.15) is 5.57 Å². The molecule has 35 heavy (non-hydrogen) atoms. The van der Waals surface area contributed by atoms with Crippen LogP contribution in [0.2, 0.25) is 10.0 Å². The number of nitrogens with one attached hydrogen (secondary N) is 1. The van der Waals surface area contributed by atoms with Gasteiger partial charge in [-0.2, -0.15) is 0 Å². The zero-order valence-electron chi connectivity index (χ0n) is 18.6. The quantitative estimate of drug-likeness (QED) is 0.200. The molecule has 0 unspecified atom stereocenters. The Hall–Kier alpha value is -3.45. The molecule has 0 bridgehead atoms. The van der Waals surface area contributed by atoms with Crippen molar-refractivity contribution in [3.05, 3.63) is 105 Å². The van der Waals surface area contributed by atoms with Gasteiger partial charge in [0.25, 0.3) is 11.8 Å². The lowest BCUT2D eigenvalue weighted by Crippen LogP contribution is -2.54. The van der Waals surface area contributed by atoms with Crippen molar-refractivity contribution in [3.8, 4) is 0 Å². The summed E-state index contributed by atoms with van der Waals surface area (Å²) in [5.74, 6) is -1.13. The van der Waals surface area contributed by atoms with Crippen molar-refractivity contribution in [2.24, 2.45) is 0 Å². The minimum absolute atomic E-state index is 0.0413. The summed E-state index contributed by atoms with van der Waals surface area (Å²) in [6.07, 6.45) is 1.63. The number of anilines is 1. The van der Waals surface area contributed by atoms with E-state index >= 15 is 0 Å². The average molecular weight is 520 g/mol. The maximum atomic E-state index is 13.6. The SMILES string of the molecule is Cc1c(/C=C2\C(=O)NC(=S)N(c3cccc(Cl)c3Cl)C2=O)c2ccccc2n1Cc1ccccc1. The first-order chi connectivity index (χ1) is 16.9. The molecule has 0 radical (unpaired) electrons. The van der Waals surface area contributed by atoms with Crippen molar-refractivity contribution in [3.63, 3.8) is 0 Å². The zero-order valence-corrected chi connectivity index (χ0v) is 20.9. The normalized spacial score (nSPS) is 15.2. The van der Waals surface area contributed by atoms with Gasteiger partial charge in [-0.05, 0) is 49.0 Å². The number of nitrogens with zero attached hydrogens (tertiary/aromatic N) is 2. The first-order valence-corrected chi connectivity index (χ1v) is 12.0. The van der Waals surface area contributed by atoms with E-state index in [4.69, 9.17) is 35.4 Å². The lowest BCUT2D eigenvalue weighted by atomic mass is 10.0. The molecule has 2 amide bonds. The Morgan fingerprint density at radius 1 is 0.943 bits per heavy atom. The Morgan fingerprint density at radius 3 is 2.43 bits per heavy atom. The molecule has 174 valence electrons. The number of para-hydroxylation sites is 1. The number of hydrogen-bond acceptors (Lipinski definition) is 3. The van der Waals surface area contributed by atoms with Gasteiger partial charge in [-0.25, -0.2) is 0 Å². The van der Waals surface area contributed by atoms with Crippen LogP contribution in [0.3, 0.4) is 0 Å². The van der Waals surface area contributed by atoms with Gasteiger partial charge in [-0.3, -0.25) is 19.8 Å². The van der Waals surface area contributed by atoms with E-state index in [1.165, 1.54) is 4.90 Å². The van der Waals surface area contributed by atoms with Gasteiger partial charge in [0.2, 0.25) is 0 Å². The number of aromatic nitrogens is 1. The highest BCUT2D eigenvalue weighted by Gasteiger charge is 2.36. The number of carbonyl (C=O) groups is 2. The van der Waals surface area contributed by atoms with E-state index in [9.17, 15) is 9.59 Å². The number of thiocarbonyl (C=S) groups is 1. The van der Waals surface area contributed by atoms with Crippen molar-refractivity contribution in [2.75, 3.05) is 4.90 Å². The minimum atomic E-state index is -0.567. The molecule has 3 aromatic carbocycles. The van der Waals surface area contributed by atoms with Crippen LogP contribution in [0, 0.1) is 6.92 Å². The number of rotatable bonds is 4. The van der Waals surface area contributed by atoms with Crippen molar-refractivity contribution in [1.82, 2.24) is 9.88 Å². The van der Waals surface area contributed by atoms with E-state index in [0.29, 0.717) is 12.2 Å². The molecule has 0 spiro atoms. The van der Waals surface area contributed by atoms with Crippen LogP contribution in [0.4, 0.5) is 5.69 Å². The number of amides is 2. The number of benzene rings is 3. The standard InChI is InChI=1S/C27H19Cl2N3O2S/c1-16-19(18-10-5-6-12-22(18)31(16)15-17-8-3-2-4-9-17)14-20-25(33)30-27(35)32(26(20)34)23-13-7-11-21(28)24(23)29/h2-14H,15H2,1H3,(H,30,33,35)/b20-14+. The zero-order chi connectivity index (χ0) is 24.7. The van der Waals surface area contributed by atoms with E-state index in [1.807, 2.05) is 49.4 Å². The molecule has 1 fully saturated rings. The third kappa shape index (κ3) is 4.14. The fourth-order valence-electron chi connectivity index (χ4n) is 4.30. The number of hydrogen-bond donors (Lipinski definition) is 1. The van der Waals surface area contributed by atoms with E-state index < -0.39 is 11.8 Å². The van der Waals surface area contributed by atoms with Gasteiger partial charge in [0.05, 0.1) is 15.7 Å². The van der Waals surface area contributed by atoms with Crippen LogP contribution >= 0.6 is 35.4 Å². The topological polar surface area (TPSA) is 54.3 Å². The van der Waals surface area contributed by atoms with Gasteiger partial charge in [0, 0.05) is 28.7 Å². The molecule has 0 atom stereocenters. The molecule has 5 nitrogen and oxygen atoms in total. The van der Waals surface area contributed by atoms with E-state index in [-0.39, 0.29) is 20.7 Å². The lowest BCUT2D eigenvalue weighted by molar-refractivity contribution is -0.122. The molecule has 1 aliphatic rings. The number of carbonyl (C=O) groups excluding carboxylic acids is 2. The fraction of sp³-hybridized carbons (Fsp3) is 0.0741. The molecule has 1 saturated heterocycles. The summed E-state index contributed by atoms with van der Waals surface area (Å²) in [6.45, 7) is 2.64. The van der Waals surface area contributed by atoms with Crippen LogP contribution in [0.25, 0.3) is 17.0 Å². The second kappa shape index (κ2) is 9.30. The van der Waals surface area contributed by atoms with Crippen LogP contribution in [0.15, 0.2) is 78.4 Å². The van der Waals surface area contributed by atoms with E-state index in [1.54, 1.807) is 24.3 Å². The average Bonchev–Trinajstić information content (AvgIpc) is 3.10. The molecule has 1 aliphatic heterocycles. The predicted octanol–water partition coefficient (Wildman–Crippen LogP) is 6.14. The van der Waals surface area contributed by atoms with Crippen LogP contribution in [0.5, 0.6) is 0 Å². The van der Waals surface area contributed by atoms with Gasteiger partial charge >= 0.3 is 0 Å². The van der Waals surface area contributed by atoms with Crippen LogP contribution in [-0.2, 0) is 16.1 Å². The summed E-state index contributed by atoms with van der Waals surface area (Å²) in [4.78, 5) is 27.7. The van der Waals surface area contributed by atoms with Crippen LogP contribution in [-0.4, -0.2) is 21.5 Å². The van der Waals surface area contributed by atoms with Crippen molar-refractivity contribution >= 4 is 75.0 Å². The summed E-state index contributed by atoms with van der Waals surface area (Å²) >= 11 is 17.8. The first-order valence-electron chi connectivity index (χ1n) is 10.8. The minimum Gasteiger partial charge on any atom is -0.340 e. The second-order valence-corrected chi connectivity index (χ2v) is 9.29. The molecule has 0 saturated carbocycles. The molecule has 8 heteroatoms. The number of fused-ring (bicyclic) bond motifs is 1. The molecule has 1 aromatic heterocycles. The van der Waals surface area contributed by atoms with Crippen LogP contribution in [0.1, 0.15) is 16.8 Å². The summed E-state index contributed by atoms with van der Waals surface area (Å²) in [7, 11) is 0. The number of halogens is 2. The molecular weight excluding hydrogens is 501 g/mol. The summed E-state index contributed by atoms with van der Waals surface area (Å²) in [6, 6.07) is 23.0. The Kier molecular flexibility index (Phi) is 6.19. The molecule has 0 aliphatic carbocycles. The highest BCUT2D eigenvalue weighted by molar-refractivity contribution is 7.80. The monoisotopic (exact) mass is 519 g/mol. The molecule has 1 N–H and O–H groups in total.